The van der Waals surface area contributed by atoms with Crippen LogP contribution in [0, 0.1) is 0 Å². The number of benzene rings is 1. The van der Waals surface area contributed by atoms with Crippen LogP contribution < -0.4 is 11.1 Å². The van der Waals surface area contributed by atoms with Crippen LogP contribution in [-0.4, -0.2) is 25.0 Å². The number of hydrogen-bond acceptors (Lipinski definition) is 2. The third kappa shape index (κ3) is 2.74. The van der Waals surface area contributed by atoms with Crippen LogP contribution in [0.25, 0.3) is 0 Å². The Balaban J connectivity index is 2.83. The van der Waals surface area contributed by atoms with Crippen LogP contribution in [0.5, 0.6) is 0 Å². The number of rotatable bonds is 3. The molecule has 0 saturated heterocycles. The van der Waals surface area contributed by atoms with E-state index >= 15 is 0 Å². The standard InChI is InChI=1S/C10H15N3O/c1-13(2)9(12-10(11)14)8-6-4-3-5-7-8/h3-7,9H,1-2H3,(H3,11,12,14). The fourth-order valence-corrected chi connectivity index (χ4v) is 1.28. The highest BCUT2D eigenvalue weighted by Crippen LogP contribution is 2.13. The molecule has 3 N–H and O–H groups in total. The van der Waals surface area contributed by atoms with Gasteiger partial charge in [0.25, 0.3) is 0 Å². The smallest absolute Gasteiger partial charge is 0.313 e. The number of nitrogens with two attached hydrogens (primary N) is 1. The lowest BCUT2D eigenvalue weighted by atomic mass is 10.1. The highest BCUT2D eigenvalue weighted by atomic mass is 16.2. The molecule has 0 bridgehead atoms. The Hall–Kier alpha value is -1.55. The summed E-state index contributed by atoms with van der Waals surface area (Å²) in [5.41, 5.74) is 6.10. The van der Waals surface area contributed by atoms with E-state index in [0.717, 1.165) is 5.56 Å². The van der Waals surface area contributed by atoms with Crippen LogP contribution in [0.3, 0.4) is 0 Å². The molecule has 14 heavy (non-hydrogen) atoms. The summed E-state index contributed by atoms with van der Waals surface area (Å²) in [6.07, 6.45) is -0.173. The maximum absolute atomic E-state index is 10.8. The predicted octanol–water partition coefficient (Wildman–Crippen LogP) is 0.915. The van der Waals surface area contributed by atoms with Crippen LogP contribution in [0.2, 0.25) is 0 Å². The quantitative estimate of drug-likeness (QED) is 0.701. The van der Waals surface area contributed by atoms with Gasteiger partial charge in [-0.3, -0.25) is 4.90 Å². The molecule has 0 aliphatic heterocycles. The SMILES string of the molecule is CN(C)C(NC(N)=O)c1ccccc1. The number of carbonyl (C=O) groups is 1. The Morgan fingerprint density at radius 1 is 1.36 bits per heavy atom. The first-order valence-electron chi connectivity index (χ1n) is 4.38. The molecule has 0 fully saturated rings. The fraction of sp³-hybridized carbons (Fsp3) is 0.300. The van der Waals surface area contributed by atoms with Crippen molar-refractivity contribution in [3.63, 3.8) is 0 Å². The van der Waals surface area contributed by atoms with Crippen molar-refractivity contribution in [1.82, 2.24) is 10.2 Å². The summed E-state index contributed by atoms with van der Waals surface area (Å²) in [5.74, 6) is 0. The van der Waals surface area contributed by atoms with Crippen LogP contribution in [0.15, 0.2) is 30.3 Å². The van der Waals surface area contributed by atoms with Gasteiger partial charge in [-0.05, 0) is 19.7 Å². The minimum Gasteiger partial charge on any atom is -0.352 e. The molecule has 2 amide bonds. The second-order valence-electron chi connectivity index (χ2n) is 3.29. The summed E-state index contributed by atoms with van der Waals surface area (Å²) in [6.45, 7) is 0. The van der Waals surface area contributed by atoms with Crippen molar-refractivity contribution >= 4 is 6.03 Å². The Kier molecular flexibility index (Phi) is 3.48. The Bertz CT molecular complexity index is 297. The van der Waals surface area contributed by atoms with E-state index in [1.165, 1.54) is 0 Å². The van der Waals surface area contributed by atoms with Gasteiger partial charge in [-0.2, -0.15) is 0 Å². The molecule has 1 aromatic rings. The number of nitrogens with one attached hydrogen (secondary N) is 1. The lowest BCUT2D eigenvalue weighted by Gasteiger charge is -2.24. The molecule has 0 saturated carbocycles. The van der Waals surface area contributed by atoms with Crippen molar-refractivity contribution in [2.24, 2.45) is 5.73 Å². The van der Waals surface area contributed by atoms with E-state index in [9.17, 15) is 4.79 Å². The van der Waals surface area contributed by atoms with Gasteiger partial charge >= 0.3 is 6.03 Å². The molecule has 1 aromatic carbocycles. The first-order chi connectivity index (χ1) is 6.61. The molecule has 0 aliphatic rings. The maximum Gasteiger partial charge on any atom is 0.313 e. The summed E-state index contributed by atoms with van der Waals surface area (Å²) in [5, 5.41) is 2.66. The largest absolute Gasteiger partial charge is 0.352 e. The molecule has 76 valence electrons. The zero-order valence-corrected chi connectivity index (χ0v) is 8.40. The molecular weight excluding hydrogens is 178 g/mol. The topological polar surface area (TPSA) is 58.4 Å². The van der Waals surface area contributed by atoms with Crippen molar-refractivity contribution in [3.8, 4) is 0 Å². The van der Waals surface area contributed by atoms with Crippen LogP contribution in [0.1, 0.15) is 11.7 Å². The number of amides is 2. The Labute approximate surface area is 83.7 Å². The zero-order valence-electron chi connectivity index (χ0n) is 8.40. The van der Waals surface area contributed by atoms with Gasteiger partial charge < -0.3 is 11.1 Å². The molecule has 4 nitrogen and oxygen atoms in total. The Morgan fingerprint density at radius 2 is 1.93 bits per heavy atom. The molecule has 0 aromatic heterocycles. The number of urea groups is 1. The van der Waals surface area contributed by atoms with Gasteiger partial charge in [0, 0.05) is 0 Å². The minimum absolute atomic E-state index is 0.173. The van der Waals surface area contributed by atoms with E-state index in [1.54, 1.807) is 0 Å². The molecule has 0 aliphatic carbocycles. The van der Waals surface area contributed by atoms with Gasteiger partial charge in [0.15, 0.2) is 0 Å². The number of nitrogens with zero attached hydrogens (tertiary/aromatic N) is 1. The molecular formula is C10H15N3O. The number of primary amides is 1. The summed E-state index contributed by atoms with van der Waals surface area (Å²) in [6, 6.07) is 9.15. The number of hydrogen-bond donors (Lipinski definition) is 2. The zero-order chi connectivity index (χ0) is 10.6. The van der Waals surface area contributed by atoms with Crippen molar-refractivity contribution in [1.29, 1.82) is 0 Å². The van der Waals surface area contributed by atoms with Crippen molar-refractivity contribution in [2.45, 2.75) is 6.17 Å². The van der Waals surface area contributed by atoms with E-state index in [-0.39, 0.29) is 6.17 Å². The normalized spacial score (nSPS) is 12.5. The molecule has 1 unspecified atom stereocenters. The van der Waals surface area contributed by atoms with Crippen LogP contribution in [0.4, 0.5) is 4.79 Å². The van der Waals surface area contributed by atoms with Gasteiger partial charge in [-0.15, -0.1) is 0 Å². The first-order valence-corrected chi connectivity index (χ1v) is 4.38. The van der Waals surface area contributed by atoms with Gasteiger partial charge in [-0.25, -0.2) is 4.79 Å². The number of carbonyl (C=O) groups excluding carboxylic acids is 1. The highest BCUT2D eigenvalue weighted by molar-refractivity contribution is 5.72. The summed E-state index contributed by atoms with van der Waals surface area (Å²) in [4.78, 5) is 12.7. The lowest BCUT2D eigenvalue weighted by molar-refractivity contribution is 0.218. The second-order valence-corrected chi connectivity index (χ2v) is 3.29. The fourth-order valence-electron chi connectivity index (χ4n) is 1.28. The van der Waals surface area contributed by atoms with Crippen molar-refractivity contribution in [2.75, 3.05) is 14.1 Å². The van der Waals surface area contributed by atoms with E-state index in [0.29, 0.717) is 0 Å². The highest BCUT2D eigenvalue weighted by Gasteiger charge is 2.13. The van der Waals surface area contributed by atoms with E-state index in [2.05, 4.69) is 5.32 Å². The predicted molar refractivity (Wildman–Crippen MR) is 55.6 cm³/mol. The third-order valence-corrected chi connectivity index (χ3v) is 1.91. The van der Waals surface area contributed by atoms with Crippen molar-refractivity contribution in [3.05, 3.63) is 35.9 Å². The molecule has 4 heteroatoms. The average molecular weight is 193 g/mol. The van der Waals surface area contributed by atoms with E-state index < -0.39 is 6.03 Å². The monoisotopic (exact) mass is 193 g/mol. The van der Waals surface area contributed by atoms with Crippen LogP contribution >= 0.6 is 0 Å². The van der Waals surface area contributed by atoms with Gasteiger partial charge in [0.1, 0.15) is 6.17 Å². The molecule has 0 heterocycles. The molecule has 1 atom stereocenters. The van der Waals surface area contributed by atoms with Gasteiger partial charge in [0.2, 0.25) is 0 Å². The Morgan fingerprint density at radius 3 is 2.36 bits per heavy atom. The van der Waals surface area contributed by atoms with Crippen molar-refractivity contribution < 1.29 is 4.79 Å². The first kappa shape index (κ1) is 10.5. The van der Waals surface area contributed by atoms with E-state index in [1.807, 2.05) is 49.3 Å². The summed E-state index contributed by atoms with van der Waals surface area (Å²) < 4.78 is 0. The second kappa shape index (κ2) is 4.62. The third-order valence-electron chi connectivity index (χ3n) is 1.91. The summed E-state index contributed by atoms with van der Waals surface area (Å²) >= 11 is 0. The molecule has 0 spiro atoms. The summed E-state index contributed by atoms with van der Waals surface area (Å²) in [7, 11) is 3.77. The lowest BCUT2D eigenvalue weighted by Crippen LogP contribution is -2.40. The minimum atomic E-state index is -0.521. The van der Waals surface area contributed by atoms with Gasteiger partial charge in [-0.1, -0.05) is 30.3 Å². The average Bonchev–Trinajstić information content (AvgIpc) is 2.15. The molecule has 0 radical (unpaired) electrons. The maximum atomic E-state index is 10.8. The molecule has 1 rings (SSSR count). The van der Waals surface area contributed by atoms with E-state index in [4.69, 9.17) is 5.73 Å². The van der Waals surface area contributed by atoms with Crippen LogP contribution in [-0.2, 0) is 0 Å². The van der Waals surface area contributed by atoms with Gasteiger partial charge in [0.05, 0.1) is 0 Å².